The van der Waals surface area contributed by atoms with Crippen LogP contribution in [0, 0.1) is 5.82 Å². The number of halogens is 2. The van der Waals surface area contributed by atoms with E-state index in [1.54, 1.807) is 60.7 Å². The molecule has 0 atom stereocenters. The number of carbonyl (C=O) groups excluding carboxylic acids is 1. The molecule has 0 unspecified atom stereocenters. The molecule has 0 aliphatic heterocycles. The minimum Gasteiger partial charge on any atom is -0.489 e. The van der Waals surface area contributed by atoms with Gasteiger partial charge in [0.2, 0.25) is 0 Å². The van der Waals surface area contributed by atoms with Crippen LogP contribution in [0.2, 0.25) is 5.02 Å². The smallest absolute Gasteiger partial charge is 0.260 e. The normalized spacial score (nSPS) is 11.3. The van der Waals surface area contributed by atoms with E-state index in [0.29, 0.717) is 38.1 Å². The molecule has 0 bridgehead atoms. The molecule has 1 amide bonds. The molecule has 37 heavy (non-hydrogen) atoms. The van der Waals surface area contributed by atoms with Gasteiger partial charge in [0.05, 0.1) is 22.3 Å². The second-order valence-corrected chi connectivity index (χ2v) is 8.71. The van der Waals surface area contributed by atoms with E-state index in [-0.39, 0.29) is 24.5 Å². The highest BCUT2D eigenvalue weighted by molar-refractivity contribution is 6.31. The average molecular weight is 514 g/mol. The molecule has 8 heteroatoms. The number of pyridine rings is 1. The number of hydrogen-bond donors (Lipinski definition) is 1. The third kappa shape index (κ3) is 5.22. The summed E-state index contributed by atoms with van der Waals surface area (Å²) in [5.41, 5.74) is 4.86. The lowest BCUT2D eigenvalue weighted by atomic mass is 10.1. The van der Waals surface area contributed by atoms with E-state index < -0.39 is 5.82 Å². The number of hydrazone groups is 1. The van der Waals surface area contributed by atoms with E-state index in [1.807, 2.05) is 28.8 Å². The number of carbonyl (C=O) groups is 1. The van der Waals surface area contributed by atoms with Gasteiger partial charge in [-0.25, -0.2) is 9.82 Å². The molecule has 0 saturated carbocycles. The Morgan fingerprint density at radius 2 is 1.57 bits per heavy atom. The average Bonchev–Trinajstić information content (AvgIpc) is 2.91. The Labute approximate surface area is 216 Å². The lowest BCUT2D eigenvalue weighted by Crippen LogP contribution is -2.25. The Morgan fingerprint density at radius 1 is 0.919 bits per heavy atom. The number of nitrogens with one attached hydrogen (secondary N) is 1. The molecule has 1 N–H and O–H groups in total. The summed E-state index contributed by atoms with van der Waals surface area (Å²) < 4.78 is 21.3. The molecule has 5 rings (SSSR count). The zero-order valence-electron chi connectivity index (χ0n) is 19.5. The topological polar surface area (TPSA) is 72.7 Å². The second kappa shape index (κ2) is 10.6. The summed E-state index contributed by atoms with van der Waals surface area (Å²) in [5, 5.41) is 5.47. The fraction of sp³-hybridized carbons (Fsp3) is 0.0690. The predicted molar refractivity (Wildman–Crippen MR) is 144 cm³/mol. The number of nitrogens with zero attached hydrogens (tertiary/aromatic N) is 2. The SMILES string of the molecule is O=C(Cn1c2ccccc2c(=O)c2ccccc21)N/N=C/c1ccc(OCc2c(F)cccc2Cl)cc1. The molecular formula is C29H21ClFN3O3. The van der Waals surface area contributed by atoms with E-state index in [0.717, 1.165) is 5.56 Å². The van der Waals surface area contributed by atoms with Crippen molar-refractivity contribution in [3.8, 4) is 5.75 Å². The summed E-state index contributed by atoms with van der Waals surface area (Å²) in [4.78, 5) is 25.6. The number of rotatable bonds is 7. The maximum atomic E-state index is 13.9. The summed E-state index contributed by atoms with van der Waals surface area (Å²) in [6.45, 7) is -0.00656. The fourth-order valence-electron chi connectivity index (χ4n) is 4.08. The van der Waals surface area contributed by atoms with Gasteiger partial charge in [-0.2, -0.15) is 5.10 Å². The fourth-order valence-corrected chi connectivity index (χ4v) is 4.30. The Balaban J connectivity index is 1.25. The lowest BCUT2D eigenvalue weighted by Gasteiger charge is -2.14. The highest BCUT2D eigenvalue weighted by atomic mass is 35.5. The minimum absolute atomic E-state index is 0.00333. The van der Waals surface area contributed by atoms with Gasteiger partial charge in [0, 0.05) is 16.3 Å². The monoisotopic (exact) mass is 513 g/mol. The van der Waals surface area contributed by atoms with Gasteiger partial charge in [0.1, 0.15) is 24.7 Å². The van der Waals surface area contributed by atoms with Gasteiger partial charge in [-0.3, -0.25) is 9.59 Å². The van der Waals surface area contributed by atoms with Crippen molar-refractivity contribution in [1.82, 2.24) is 9.99 Å². The van der Waals surface area contributed by atoms with Crippen LogP contribution in [0.3, 0.4) is 0 Å². The molecule has 0 aliphatic rings. The van der Waals surface area contributed by atoms with Gasteiger partial charge >= 0.3 is 0 Å². The maximum Gasteiger partial charge on any atom is 0.260 e. The first-order chi connectivity index (χ1) is 18.0. The number of ether oxygens (including phenoxy) is 1. The molecule has 0 aliphatic carbocycles. The van der Waals surface area contributed by atoms with Crippen molar-refractivity contribution < 1.29 is 13.9 Å². The van der Waals surface area contributed by atoms with Crippen LogP contribution >= 0.6 is 11.6 Å². The van der Waals surface area contributed by atoms with Crippen molar-refractivity contribution in [3.63, 3.8) is 0 Å². The van der Waals surface area contributed by atoms with Crippen molar-refractivity contribution in [2.24, 2.45) is 5.10 Å². The van der Waals surface area contributed by atoms with Crippen molar-refractivity contribution >= 4 is 45.5 Å². The van der Waals surface area contributed by atoms with Crippen LogP contribution in [0.15, 0.2) is 101 Å². The van der Waals surface area contributed by atoms with E-state index in [2.05, 4.69) is 10.5 Å². The summed E-state index contributed by atoms with van der Waals surface area (Å²) >= 11 is 6.03. The van der Waals surface area contributed by atoms with Gasteiger partial charge < -0.3 is 9.30 Å². The van der Waals surface area contributed by atoms with E-state index in [9.17, 15) is 14.0 Å². The molecule has 0 spiro atoms. The Bertz CT molecular complexity index is 1620. The van der Waals surface area contributed by atoms with Crippen LogP contribution in [0.1, 0.15) is 11.1 Å². The Kier molecular flexibility index (Phi) is 6.96. The van der Waals surface area contributed by atoms with Gasteiger partial charge in [-0.1, -0.05) is 41.9 Å². The molecule has 5 aromatic rings. The van der Waals surface area contributed by atoms with Gasteiger partial charge in [0.25, 0.3) is 5.91 Å². The van der Waals surface area contributed by atoms with Gasteiger partial charge in [0.15, 0.2) is 5.43 Å². The third-order valence-corrected chi connectivity index (χ3v) is 6.26. The zero-order valence-corrected chi connectivity index (χ0v) is 20.3. The minimum atomic E-state index is -0.421. The van der Waals surface area contributed by atoms with Crippen LogP contribution < -0.4 is 15.6 Å². The Morgan fingerprint density at radius 3 is 2.22 bits per heavy atom. The molecule has 1 heterocycles. The highest BCUT2D eigenvalue weighted by Crippen LogP contribution is 2.22. The van der Waals surface area contributed by atoms with Crippen molar-refractivity contribution in [3.05, 3.63) is 123 Å². The molecule has 1 aromatic heterocycles. The summed E-state index contributed by atoms with van der Waals surface area (Å²) in [6, 6.07) is 25.9. The quantitative estimate of drug-likeness (QED) is 0.173. The van der Waals surface area contributed by atoms with Crippen molar-refractivity contribution in [2.45, 2.75) is 13.2 Å². The predicted octanol–water partition coefficient (Wildman–Crippen LogP) is 5.68. The van der Waals surface area contributed by atoms with Crippen LogP contribution in [-0.4, -0.2) is 16.7 Å². The first kappa shape index (κ1) is 24.2. The summed E-state index contributed by atoms with van der Waals surface area (Å²) in [7, 11) is 0. The molecule has 0 fully saturated rings. The van der Waals surface area contributed by atoms with E-state index in [4.69, 9.17) is 16.3 Å². The number of amides is 1. The largest absolute Gasteiger partial charge is 0.489 e. The highest BCUT2D eigenvalue weighted by Gasteiger charge is 2.12. The number of aromatic nitrogens is 1. The maximum absolute atomic E-state index is 13.9. The number of para-hydroxylation sites is 2. The standard InChI is InChI=1S/C29H21ClFN3O3/c30-24-8-5-9-25(31)23(24)18-37-20-14-12-19(13-15-20)16-32-33-28(35)17-34-26-10-3-1-6-21(26)29(36)22-7-2-4-11-27(22)34/h1-16H,17-18H2,(H,33,35)/b32-16+. The van der Waals surface area contributed by atoms with Crippen LogP contribution in [0.25, 0.3) is 21.8 Å². The van der Waals surface area contributed by atoms with Crippen LogP contribution in [0.4, 0.5) is 4.39 Å². The number of hydrogen-bond acceptors (Lipinski definition) is 4. The summed E-state index contributed by atoms with van der Waals surface area (Å²) in [5.74, 6) is -0.218. The first-order valence-electron chi connectivity index (χ1n) is 11.5. The molecule has 0 radical (unpaired) electrons. The second-order valence-electron chi connectivity index (χ2n) is 8.30. The third-order valence-electron chi connectivity index (χ3n) is 5.91. The summed E-state index contributed by atoms with van der Waals surface area (Å²) in [6.07, 6.45) is 1.51. The zero-order chi connectivity index (χ0) is 25.8. The van der Waals surface area contributed by atoms with Crippen molar-refractivity contribution in [1.29, 1.82) is 0 Å². The van der Waals surface area contributed by atoms with Crippen LogP contribution in [-0.2, 0) is 17.9 Å². The number of fused-ring (bicyclic) bond motifs is 2. The van der Waals surface area contributed by atoms with Gasteiger partial charge in [-0.05, 0) is 66.2 Å². The van der Waals surface area contributed by atoms with Crippen molar-refractivity contribution in [2.75, 3.05) is 0 Å². The molecule has 4 aromatic carbocycles. The molecular weight excluding hydrogens is 493 g/mol. The molecule has 0 saturated heterocycles. The molecule has 6 nitrogen and oxygen atoms in total. The van der Waals surface area contributed by atoms with Crippen LogP contribution in [0.5, 0.6) is 5.75 Å². The van der Waals surface area contributed by atoms with E-state index in [1.165, 1.54) is 12.3 Å². The lowest BCUT2D eigenvalue weighted by molar-refractivity contribution is -0.121. The van der Waals surface area contributed by atoms with E-state index >= 15 is 0 Å². The first-order valence-corrected chi connectivity index (χ1v) is 11.9. The number of benzene rings is 4. The molecule has 184 valence electrons. The van der Waals surface area contributed by atoms with Gasteiger partial charge in [-0.15, -0.1) is 0 Å². The Hall–Kier alpha value is -4.49.